The first-order valence-electron chi connectivity index (χ1n) is 11.2. The molecule has 1 aliphatic heterocycles. The quantitative estimate of drug-likeness (QED) is 0.338. The molecule has 1 atom stereocenters. The Labute approximate surface area is 194 Å². The second kappa shape index (κ2) is 11.9. The highest BCUT2D eigenvalue weighted by molar-refractivity contribution is 5.54. The Morgan fingerprint density at radius 3 is 2.55 bits per heavy atom. The Bertz CT molecular complexity index is 947. The number of anilines is 1. The van der Waals surface area contributed by atoms with Crippen molar-refractivity contribution in [1.82, 2.24) is 9.88 Å². The van der Waals surface area contributed by atoms with Gasteiger partial charge < -0.3 is 10.2 Å². The van der Waals surface area contributed by atoms with Crippen LogP contribution in [0.4, 0.5) is 23.4 Å². The van der Waals surface area contributed by atoms with Crippen LogP contribution >= 0.6 is 0 Å². The molecule has 1 aromatic heterocycles. The van der Waals surface area contributed by atoms with E-state index in [0.29, 0.717) is 17.8 Å². The topological polar surface area (TPSA) is 28.2 Å². The number of aromatic nitrogens is 1. The molecule has 2 heterocycles. The third-order valence-electron chi connectivity index (χ3n) is 5.38. The smallest absolute Gasteiger partial charge is 0.376 e. The summed E-state index contributed by atoms with van der Waals surface area (Å²) >= 11 is 0. The van der Waals surface area contributed by atoms with Crippen LogP contribution < -0.4 is 5.32 Å². The molecule has 0 spiro atoms. The maximum Gasteiger partial charge on any atom is 0.416 e. The maximum absolute atomic E-state index is 13.6. The van der Waals surface area contributed by atoms with Crippen molar-refractivity contribution in [3.05, 3.63) is 82.5 Å². The van der Waals surface area contributed by atoms with E-state index >= 15 is 0 Å². The molecule has 1 fully saturated rings. The van der Waals surface area contributed by atoms with Gasteiger partial charge in [0.2, 0.25) is 0 Å². The van der Waals surface area contributed by atoms with Gasteiger partial charge in [-0.25, -0.2) is 9.37 Å². The molecule has 3 nitrogen and oxygen atoms in total. The lowest BCUT2D eigenvalue weighted by Gasteiger charge is -2.35. The number of likely N-dealkylation sites (tertiary alicyclic amines) is 1. The average molecular weight is 464 g/mol. The third kappa shape index (κ3) is 7.62. The number of hydrogen-bond donors (Lipinski definition) is 1. The summed E-state index contributed by atoms with van der Waals surface area (Å²) in [6.07, 6.45) is 6.64. The predicted octanol–water partition coefficient (Wildman–Crippen LogP) is 7.35. The molecule has 7 heteroatoms. The minimum absolute atomic E-state index is 0.101. The number of rotatable bonds is 7. The summed E-state index contributed by atoms with van der Waals surface area (Å²) in [6, 6.07) is 2.83. The van der Waals surface area contributed by atoms with Crippen molar-refractivity contribution in [3.63, 3.8) is 0 Å². The first-order valence-corrected chi connectivity index (χ1v) is 11.2. The van der Waals surface area contributed by atoms with Crippen LogP contribution in [0.25, 0.3) is 0 Å². The van der Waals surface area contributed by atoms with Gasteiger partial charge in [0.1, 0.15) is 11.6 Å². The molecule has 1 saturated heterocycles. The fourth-order valence-corrected chi connectivity index (χ4v) is 3.78. The Morgan fingerprint density at radius 2 is 2.00 bits per heavy atom. The van der Waals surface area contributed by atoms with E-state index in [1.165, 1.54) is 18.2 Å². The highest BCUT2D eigenvalue weighted by Gasteiger charge is 2.32. The number of allylic oxidation sites excluding steroid dienone is 9. The van der Waals surface area contributed by atoms with Gasteiger partial charge >= 0.3 is 6.18 Å². The van der Waals surface area contributed by atoms with Gasteiger partial charge in [-0.15, -0.1) is 0 Å². The molecule has 0 amide bonds. The second-order valence-corrected chi connectivity index (χ2v) is 8.27. The maximum atomic E-state index is 13.6. The van der Waals surface area contributed by atoms with Crippen molar-refractivity contribution in [2.45, 2.75) is 59.2 Å². The van der Waals surface area contributed by atoms with E-state index in [4.69, 9.17) is 0 Å². The summed E-state index contributed by atoms with van der Waals surface area (Å²) in [4.78, 5) is 6.20. The summed E-state index contributed by atoms with van der Waals surface area (Å²) in [5.74, 6) is 0.140. The molecule has 33 heavy (non-hydrogen) atoms. The number of hydrogen-bond acceptors (Lipinski definition) is 3. The van der Waals surface area contributed by atoms with Gasteiger partial charge in [0, 0.05) is 19.3 Å². The van der Waals surface area contributed by atoms with Gasteiger partial charge in [-0.3, -0.25) is 0 Å². The summed E-state index contributed by atoms with van der Waals surface area (Å²) in [6.45, 7) is 8.11. The summed E-state index contributed by atoms with van der Waals surface area (Å²) in [7, 11) is 1.97. The van der Waals surface area contributed by atoms with Crippen LogP contribution in [0, 0.1) is 5.82 Å². The molecule has 0 bridgehead atoms. The van der Waals surface area contributed by atoms with Crippen molar-refractivity contribution in [1.29, 1.82) is 0 Å². The van der Waals surface area contributed by atoms with E-state index in [-0.39, 0.29) is 6.04 Å². The fraction of sp³-hybridized carbons (Fsp3) is 0.423. The van der Waals surface area contributed by atoms with E-state index in [2.05, 4.69) is 15.2 Å². The minimum Gasteiger partial charge on any atom is -0.376 e. The van der Waals surface area contributed by atoms with Crippen LogP contribution in [0.5, 0.6) is 0 Å². The first kappa shape index (κ1) is 26.4. The summed E-state index contributed by atoms with van der Waals surface area (Å²) in [5, 5.41) is 3.35. The van der Waals surface area contributed by atoms with Crippen molar-refractivity contribution >= 4 is 5.82 Å². The third-order valence-corrected chi connectivity index (χ3v) is 5.38. The molecule has 0 radical (unpaired) electrons. The highest BCUT2D eigenvalue weighted by atomic mass is 19.4. The number of piperidine rings is 1. The van der Waals surface area contributed by atoms with Crippen molar-refractivity contribution in [3.8, 4) is 0 Å². The lowest BCUT2D eigenvalue weighted by Crippen LogP contribution is -2.38. The molecule has 0 aliphatic carbocycles. The van der Waals surface area contributed by atoms with Crippen LogP contribution in [0.2, 0.25) is 0 Å². The average Bonchev–Trinajstić information content (AvgIpc) is 2.73. The van der Waals surface area contributed by atoms with E-state index in [9.17, 15) is 17.6 Å². The SMILES string of the molecule is C\C=C/C(=C\C(=C\CC)C(F)(F)F)C(/C=C1/C(Nc2ccc(F)cn2)CCCN1C)=C(C)C. The van der Waals surface area contributed by atoms with Crippen molar-refractivity contribution < 1.29 is 17.6 Å². The molecule has 1 N–H and O–H groups in total. The summed E-state index contributed by atoms with van der Waals surface area (Å²) < 4.78 is 54.1. The van der Waals surface area contributed by atoms with Gasteiger partial charge in [0.05, 0.1) is 17.8 Å². The molecule has 1 aliphatic rings. The zero-order chi connectivity index (χ0) is 24.6. The van der Waals surface area contributed by atoms with E-state index in [1.54, 1.807) is 32.1 Å². The van der Waals surface area contributed by atoms with Gasteiger partial charge in [-0.05, 0) is 75.5 Å². The minimum atomic E-state index is -4.43. The molecular weight excluding hydrogens is 430 g/mol. The standard InChI is InChI=1S/C26H33F4N3/c1-6-9-19(15-20(10-7-2)26(28,29)30)22(18(3)4)16-24-23(11-8-14-33(24)5)32-25-13-12-21(27)17-31-25/h6,9-10,12-13,15-17,23H,7-8,11,14H2,1-5H3,(H,31,32)/b9-6-,19-15+,20-10-,24-16-. The van der Waals surface area contributed by atoms with Gasteiger partial charge in [-0.2, -0.15) is 13.2 Å². The van der Waals surface area contributed by atoms with E-state index in [1.807, 2.05) is 27.0 Å². The van der Waals surface area contributed by atoms with E-state index < -0.39 is 17.6 Å². The molecule has 0 aromatic carbocycles. The predicted molar refractivity (Wildman–Crippen MR) is 127 cm³/mol. The number of nitrogens with zero attached hydrogens (tertiary/aromatic N) is 2. The highest BCUT2D eigenvalue weighted by Crippen LogP contribution is 2.32. The van der Waals surface area contributed by atoms with Crippen molar-refractivity contribution in [2.75, 3.05) is 18.9 Å². The van der Waals surface area contributed by atoms with Gasteiger partial charge in [-0.1, -0.05) is 30.7 Å². The van der Waals surface area contributed by atoms with Crippen molar-refractivity contribution in [2.24, 2.45) is 0 Å². The number of pyridine rings is 1. The molecule has 2 rings (SSSR count). The molecular formula is C26H33F4N3. The summed E-state index contributed by atoms with van der Waals surface area (Å²) in [5.41, 5.74) is 2.44. The van der Waals surface area contributed by atoms with Crippen LogP contribution in [0.1, 0.15) is 47.0 Å². The normalized spacial score (nSPS) is 19.4. The Balaban J connectivity index is 2.54. The molecule has 1 aromatic rings. The largest absolute Gasteiger partial charge is 0.416 e. The number of nitrogens with one attached hydrogen (secondary N) is 1. The Morgan fingerprint density at radius 1 is 1.27 bits per heavy atom. The van der Waals surface area contributed by atoms with Crippen LogP contribution in [-0.2, 0) is 0 Å². The first-order chi connectivity index (χ1) is 15.6. The number of likely N-dealkylation sites (N-methyl/N-ethyl adjacent to an activating group) is 1. The fourth-order valence-electron chi connectivity index (χ4n) is 3.78. The van der Waals surface area contributed by atoms with Gasteiger partial charge in [0.25, 0.3) is 0 Å². The monoisotopic (exact) mass is 463 g/mol. The lowest BCUT2D eigenvalue weighted by atomic mass is 9.93. The molecule has 0 saturated carbocycles. The molecule has 1 unspecified atom stereocenters. The number of halogens is 4. The zero-order valence-electron chi connectivity index (χ0n) is 19.9. The lowest BCUT2D eigenvalue weighted by molar-refractivity contribution is -0.0884. The zero-order valence-corrected chi connectivity index (χ0v) is 19.9. The Hall–Kier alpha value is -2.83. The second-order valence-electron chi connectivity index (χ2n) is 8.27. The van der Waals surface area contributed by atoms with Gasteiger partial charge in [0.15, 0.2) is 0 Å². The molecule has 180 valence electrons. The van der Waals surface area contributed by atoms with Crippen LogP contribution in [0.15, 0.2) is 76.7 Å². The Kier molecular flexibility index (Phi) is 9.50. The number of alkyl halides is 3. The van der Waals surface area contributed by atoms with E-state index in [0.717, 1.165) is 42.4 Å². The van der Waals surface area contributed by atoms with Crippen LogP contribution in [-0.4, -0.2) is 35.7 Å². The van der Waals surface area contributed by atoms with Crippen LogP contribution in [0.3, 0.4) is 0 Å².